The molecule has 154 valence electrons. The molecule has 29 heavy (non-hydrogen) atoms. The predicted octanol–water partition coefficient (Wildman–Crippen LogP) is 2.74. The van der Waals surface area contributed by atoms with E-state index in [1.165, 1.54) is 26.2 Å². The highest BCUT2D eigenvalue weighted by molar-refractivity contribution is 7.89. The average molecular weight is 417 g/mol. The van der Waals surface area contributed by atoms with E-state index in [1.807, 2.05) is 26.0 Å². The van der Waals surface area contributed by atoms with E-state index in [0.717, 1.165) is 10.1 Å². The number of anilines is 3. The minimum absolute atomic E-state index is 0.0817. The van der Waals surface area contributed by atoms with E-state index >= 15 is 0 Å². The second-order valence-corrected chi connectivity index (χ2v) is 9.05. The zero-order valence-corrected chi connectivity index (χ0v) is 17.5. The molecule has 0 spiro atoms. The molecule has 3 rings (SSSR count). The Morgan fingerprint density at radius 2 is 1.76 bits per heavy atom. The van der Waals surface area contributed by atoms with Crippen molar-refractivity contribution in [3.05, 3.63) is 68.4 Å². The van der Waals surface area contributed by atoms with Crippen LogP contribution in [0.2, 0.25) is 0 Å². The number of nitrogens with zero attached hydrogens (tertiary/aromatic N) is 1. The molecule has 9 heteroatoms. The minimum Gasteiger partial charge on any atom is -0.464 e. The molecule has 3 aromatic rings. The van der Waals surface area contributed by atoms with Crippen LogP contribution in [0.15, 0.2) is 55.3 Å². The maximum Gasteiger partial charge on any atom is 0.253 e. The standard InChI is InChI=1S/C20H23N3O5S/c1-5-15(16-10-9-12(2)28-16)22-18-17(19(24)20(18)25)21-13-7-6-8-14(11-13)29(26,27)23(3)4/h6-11,15,21-22H,5H2,1-4H3/t15-/m1/s1. The van der Waals surface area contributed by atoms with Gasteiger partial charge in [0.2, 0.25) is 10.0 Å². The van der Waals surface area contributed by atoms with Crippen LogP contribution in [0.4, 0.5) is 17.1 Å². The number of furan rings is 1. The third-order valence-electron chi connectivity index (χ3n) is 4.62. The topological polar surface area (TPSA) is 109 Å². The Balaban J connectivity index is 1.88. The average Bonchev–Trinajstić information content (AvgIpc) is 3.13. The summed E-state index contributed by atoms with van der Waals surface area (Å²) in [5, 5.41) is 5.95. The largest absolute Gasteiger partial charge is 0.464 e. The fourth-order valence-electron chi connectivity index (χ4n) is 2.93. The van der Waals surface area contributed by atoms with Gasteiger partial charge in [0.05, 0.1) is 10.9 Å². The van der Waals surface area contributed by atoms with Crippen LogP contribution in [-0.2, 0) is 10.0 Å². The fraction of sp³-hybridized carbons (Fsp3) is 0.300. The van der Waals surface area contributed by atoms with Crippen LogP contribution in [0.3, 0.4) is 0 Å². The van der Waals surface area contributed by atoms with Gasteiger partial charge < -0.3 is 15.1 Å². The molecule has 0 unspecified atom stereocenters. The van der Waals surface area contributed by atoms with Gasteiger partial charge in [-0.1, -0.05) is 13.0 Å². The third-order valence-corrected chi connectivity index (χ3v) is 6.43. The lowest BCUT2D eigenvalue weighted by molar-refractivity contribution is 0.452. The first-order chi connectivity index (χ1) is 13.6. The predicted molar refractivity (Wildman–Crippen MR) is 112 cm³/mol. The van der Waals surface area contributed by atoms with Gasteiger partial charge in [-0.3, -0.25) is 9.59 Å². The Morgan fingerprint density at radius 1 is 1.07 bits per heavy atom. The van der Waals surface area contributed by atoms with Crippen LogP contribution < -0.4 is 21.5 Å². The maximum atomic E-state index is 12.3. The molecule has 0 saturated carbocycles. The van der Waals surface area contributed by atoms with Gasteiger partial charge in [-0.15, -0.1) is 0 Å². The summed E-state index contributed by atoms with van der Waals surface area (Å²) < 4.78 is 31.4. The summed E-state index contributed by atoms with van der Waals surface area (Å²) in [7, 11) is -0.741. The van der Waals surface area contributed by atoms with Crippen molar-refractivity contribution < 1.29 is 12.8 Å². The van der Waals surface area contributed by atoms with Crippen molar-refractivity contribution in [3.8, 4) is 0 Å². The molecule has 0 saturated heterocycles. The molecular formula is C20H23N3O5S. The lowest BCUT2D eigenvalue weighted by Gasteiger charge is -2.20. The number of hydrogen-bond acceptors (Lipinski definition) is 7. The molecule has 0 fully saturated rings. The van der Waals surface area contributed by atoms with Crippen LogP contribution >= 0.6 is 0 Å². The third kappa shape index (κ3) is 3.96. The van der Waals surface area contributed by atoms with Crippen LogP contribution in [-0.4, -0.2) is 26.8 Å². The molecule has 0 radical (unpaired) electrons. The summed E-state index contributed by atoms with van der Waals surface area (Å²) in [6, 6.07) is 9.47. The zero-order valence-electron chi connectivity index (χ0n) is 16.6. The molecule has 1 aromatic heterocycles. The number of aryl methyl sites for hydroxylation is 1. The van der Waals surface area contributed by atoms with Crippen molar-refractivity contribution in [2.45, 2.75) is 31.2 Å². The van der Waals surface area contributed by atoms with Gasteiger partial charge in [0, 0.05) is 19.8 Å². The molecule has 0 bridgehead atoms. The number of rotatable bonds is 8. The molecule has 2 aromatic carbocycles. The van der Waals surface area contributed by atoms with E-state index < -0.39 is 20.9 Å². The minimum atomic E-state index is -3.62. The van der Waals surface area contributed by atoms with Crippen LogP contribution in [0.5, 0.6) is 0 Å². The second kappa shape index (κ2) is 7.84. The van der Waals surface area contributed by atoms with E-state index in [9.17, 15) is 18.0 Å². The van der Waals surface area contributed by atoms with Crippen molar-refractivity contribution in [3.63, 3.8) is 0 Å². The molecule has 1 atom stereocenters. The fourth-order valence-corrected chi connectivity index (χ4v) is 3.88. The van der Waals surface area contributed by atoms with Crippen molar-refractivity contribution in [2.24, 2.45) is 0 Å². The Labute approximate surface area is 168 Å². The lowest BCUT2D eigenvalue weighted by atomic mass is 10.1. The van der Waals surface area contributed by atoms with Gasteiger partial charge in [0.25, 0.3) is 10.9 Å². The lowest BCUT2D eigenvalue weighted by Crippen LogP contribution is -2.37. The van der Waals surface area contributed by atoms with Gasteiger partial charge in [-0.25, -0.2) is 12.7 Å². The Morgan fingerprint density at radius 3 is 2.34 bits per heavy atom. The van der Waals surface area contributed by atoms with Crippen molar-refractivity contribution in [1.82, 2.24) is 4.31 Å². The highest BCUT2D eigenvalue weighted by Crippen LogP contribution is 2.28. The molecule has 0 aliphatic heterocycles. The van der Waals surface area contributed by atoms with E-state index in [1.54, 1.807) is 12.1 Å². The first-order valence-electron chi connectivity index (χ1n) is 9.11. The highest BCUT2D eigenvalue weighted by Gasteiger charge is 2.25. The Hall–Kier alpha value is -2.91. The Bertz CT molecular complexity index is 1200. The van der Waals surface area contributed by atoms with Gasteiger partial charge in [-0.05, 0) is 43.7 Å². The molecule has 2 N–H and O–H groups in total. The van der Waals surface area contributed by atoms with E-state index in [4.69, 9.17) is 4.42 Å². The smallest absolute Gasteiger partial charge is 0.253 e. The van der Waals surface area contributed by atoms with Gasteiger partial charge in [-0.2, -0.15) is 0 Å². The molecule has 0 aliphatic carbocycles. The van der Waals surface area contributed by atoms with Gasteiger partial charge >= 0.3 is 0 Å². The van der Waals surface area contributed by atoms with E-state index in [0.29, 0.717) is 17.9 Å². The second-order valence-electron chi connectivity index (χ2n) is 6.90. The number of benzene rings is 1. The summed E-state index contributed by atoms with van der Waals surface area (Å²) in [6.07, 6.45) is 0.641. The summed E-state index contributed by atoms with van der Waals surface area (Å²) in [6.45, 7) is 3.76. The summed E-state index contributed by atoms with van der Waals surface area (Å²) >= 11 is 0. The number of hydrogen-bond donors (Lipinski definition) is 2. The maximum absolute atomic E-state index is 12.3. The van der Waals surface area contributed by atoms with Crippen LogP contribution in [0, 0.1) is 6.92 Å². The van der Waals surface area contributed by atoms with Gasteiger partial charge in [0.1, 0.15) is 22.9 Å². The number of nitrogens with one attached hydrogen (secondary N) is 2. The summed E-state index contributed by atoms with van der Waals surface area (Å²) in [5.74, 6) is 1.42. The summed E-state index contributed by atoms with van der Waals surface area (Å²) in [4.78, 5) is 24.3. The first-order valence-corrected chi connectivity index (χ1v) is 10.5. The first kappa shape index (κ1) is 20.8. The quantitative estimate of drug-likeness (QED) is 0.543. The van der Waals surface area contributed by atoms with Gasteiger partial charge in [0.15, 0.2) is 0 Å². The summed E-state index contributed by atoms with van der Waals surface area (Å²) in [5.41, 5.74) is -0.608. The van der Waals surface area contributed by atoms with Crippen LogP contribution in [0.1, 0.15) is 30.9 Å². The molecule has 0 amide bonds. The van der Waals surface area contributed by atoms with Crippen molar-refractivity contribution in [2.75, 3.05) is 24.7 Å². The zero-order chi connectivity index (χ0) is 21.3. The molecule has 8 nitrogen and oxygen atoms in total. The number of sulfonamides is 1. The van der Waals surface area contributed by atoms with Crippen LogP contribution in [0.25, 0.3) is 0 Å². The SMILES string of the molecule is CC[C@@H](Nc1c(Nc2cccc(S(=O)(=O)N(C)C)c2)c(=O)c1=O)c1ccc(C)o1. The molecule has 1 heterocycles. The Kier molecular flexibility index (Phi) is 5.63. The normalized spacial score (nSPS) is 13.0. The van der Waals surface area contributed by atoms with E-state index in [-0.39, 0.29) is 22.3 Å². The molecular weight excluding hydrogens is 394 g/mol. The molecule has 0 aliphatic rings. The van der Waals surface area contributed by atoms with Crippen molar-refractivity contribution in [1.29, 1.82) is 0 Å². The van der Waals surface area contributed by atoms with E-state index in [2.05, 4.69) is 10.6 Å². The monoisotopic (exact) mass is 417 g/mol. The highest BCUT2D eigenvalue weighted by atomic mass is 32.2. The van der Waals surface area contributed by atoms with Crippen molar-refractivity contribution >= 4 is 27.1 Å².